The zero-order valence-electron chi connectivity index (χ0n) is 23.8. The highest BCUT2D eigenvalue weighted by Gasteiger charge is 2.28. The Morgan fingerprint density at radius 2 is 1.27 bits per heavy atom. The first-order valence-corrected chi connectivity index (χ1v) is 13.0. The van der Waals surface area contributed by atoms with Crippen LogP contribution in [-0.4, -0.2) is 75.9 Å². The third kappa shape index (κ3) is 7.96. The van der Waals surface area contributed by atoms with Crippen molar-refractivity contribution in [2.24, 2.45) is 0 Å². The molecule has 0 spiro atoms. The minimum absolute atomic E-state index is 0.00817. The van der Waals surface area contributed by atoms with E-state index in [1.165, 1.54) is 14.2 Å². The SMILES string of the molecule is C=C(C)C(=O)OC(COC)COc1c2c(c(OCC(COC)OC(=O)C(=C)C)c3ccccc13)CC(C(=O)O)=CC2. The smallest absolute Gasteiger partial charge is 0.333 e. The van der Waals surface area contributed by atoms with Crippen molar-refractivity contribution in [1.29, 1.82) is 0 Å². The number of rotatable bonds is 15. The van der Waals surface area contributed by atoms with Gasteiger partial charge < -0.3 is 33.5 Å². The van der Waals surface area contributed by atoms with Crippen LogP contribution in [-0.2, 0) is 46.2 Å². The lowest BCUT2D eigenvalue weighted by Gasteiger charge is -2.27. The Hall–Kier alpha value is -4.15. The second-order valence-electron chi connectivity index (χ2n) is 9.72. The van der Waals surface area contributed by atoms with E-state index >= 15 is 0 Å². The number of carboxylic acids is 1. The predicted molar refractivity (Wildman–Crippen MR) is 151 cm³/mol. The maximum atomic E-state index is 12.2. The van der Waals surface area contributed by atoms with Gasteiger partial charge in [-0.3, -0.25) is 0 Å². The molecule has 0 aromatic heterocycles. The molecule has 0 amide bonds. The molecule has 2 unspecified atom stereocenters. The lowest BCUT2D eigenvalue weighted by molar-refractivity contribution is -0.149. The first kappa shape index (κ1) is 31.4. The van der Waals surface area contributed by atoms with Crippen molar-refractivity contribution < 1.29 is 47.9 Å². The van der Waals surface area contributed by atoms with Crippen LogP contribution >= 0.6 is 0 Å². The monoisotopic (exact) mass is 568 g/mol. The maximum Gasteiger partial charge on any atom is 0.333 e. The average Bonchev–Trinajstić information content (AvgIpc) is 2.94. The van der Waals surface area contributed by atoms with Crippen molar-refractivity contribution in [3.63, 3.8) is 0 Å². The van der Waals surface area contributed by atoms with Crippen LogP contribution in [0.5, 0.6) is 11.5 Å². The van der Waals surface area contributed by atoms with E-state index in [9.17, 15) is 19.5 Å². The second kappa shape index (κ2) is 14.5. The van der Waals surface area contributed by atoms with Gasteiger partial charge in [0, 0.05) is 59.3 Å². The van der Waals surface area contributed by atoms with Crippen molar-refractivity contribution >= 4 is 28.7 Å². The van der Waals surface area contributed by atoms with Crippen LogP contribution in [0.3, 0.4) is 0 Å². The maximum absolute atomic E-state index is 12.2. The number of esters is 2. The van der Waals surface area contributed by atoms with Crippen LogP contribution in [0.25, 0.3) is 10.8 Å². The molecular formula is C31H36O10. The van der Waals surface area contributed by atoms with Gasteiger partial charge in [0.15, 0.2) is 12.2 Å². The molecule has 3 rings (SSSR count). The number of ether oxygens (including phenoxy) is 6. The van der Waals surface area contributed by atoms with Gasteiger partial charge in [-0.05, 0) is 20.3 Å². The summed E-state index contributed by atoms with van der Waals surface area (Å²) in [4.78, 5) is 36.2. The van der Waals surface area contributed by atoms with E-state index in [0.29, 0.717) is 22.4 Å². The Balaban J connectivity index is 2.03. The second-order valence-corrected chi connectivity index (χ2v) is 9.72. The van der Waals surface area contributed by atoms with Gasteiger partial charge >= 0.3 is 17.9 Å². The Kier molecular flexibility index (Phi) is 11.1. The molecule has 2 atom stereocenters. The highest BCUT2D eigenvalue weighted by atomic mass is 16.6. The van der Waals surface area contributed by atoms with Gasteiger partial charge in [-0.2, -0.15) is 0 Å². The fourth-order valence-corrected chi connectivity index (χ4v) is 4.32. The van der Waals surface area contributed by atoms with Gasteiger partial charge in [0.05, 0.1) is 13.2 Å². The summed E-state index contributed by atoms with van der Waals surface area (Å²) in [5.74, 6) is -1.17. The molecule has 1 aliphatic rings. The molecule has 0 radical (unpaired) electrons. The fraction of sp³-hybridized carbons (Fsp3) is 0.387. The molecule has 1 aliphatic carbocycles. The van der Waals surface area contributed by atoms with Gasteiger partial charge in [0.2, 0.25) is 0 Å². The predicted octanol–water partition coefficient (Wildman–Crippen LogP) is 3.98. The number of methoxy groups -OCH3 is 2. The number of benzene rings is 2. The number of hydrogen-bond donors (Lipinski definition) is 1. The topological polar surface area (TPSA) is 127 Å². The molecule has 10 nitrogen and oxygen atoms in total. The van der Waals surface area contributed by atoms with Gasteiger partial charge in [-0.1, -0.05) is 43.5 Å². The molecule has 2 aromatic carbocycles. The van der Waals surface area contributed by atoms with Crippen molar-refractivity contribution in [2.75, 3.05) is 40.6 Å². The Bertz CT molecular complexity index is 1360. The highest BCUT2D eigenvalue weighted by Crippen LogP contribution is 2.44. The molecule has 0 heterocycles. The van der Waals surface area contributed by atoms with Crippen molar-refractivity contribution in [2.45, 2.75) is 38.9 Å². The number of carbonyl (C=O) groups excluding carboxylic acids is 2. The number of carbonyl (C=O) groups is 3. The summed E-state index contributed by atoms with van der Waals surface area (Å²) in [6.07, 6.45) is 0.576. The summed E-state index contributed by atoms with van der Waals surface area (Å²) in [5, 5.41) is 11.1. The van der Waals surface area contributed by atoms with E-state index in [1.54, 1.807) is 19.9 Å². The average molecular weight is 569 g/mol. The minimum atomic E-state index is -1.03. The largest absolute Gasteiger partial charge is 0.489 e. The zero-order chi connectivity index (χ0) is 30.1. The van der Waals surface area contributed by atoms with Crippen LogP contribution in [0.2, 0.25) is 0 Å². The molecular weight excluding hydrogens is 532 g/mol. The minimum Gasteiger partial charge on any atom is -0.489 e. The first-order valence-electron chi connectivity index (χ1n) is 13.0. The molecule has 2 aromatic rings. The van der Waals surface area contributed by atoms with E-state index in [2.05, 4.69) is 13.2 Å². The third-order valence-corrected chi connectivity index (χ3v) is 6.30. The molecule has 0 bridgehead atoms. The molecule has 1 N–H and O–H groups in total. The van der Waals surface area contributed by atoms with Gasteiger partial charge in [-0.25, -0.2) is 14.4 Å². The molecule has 41 heavy (non-hydrogen) atoms. The standard InChI is InChI=1S/C31H36O10/c1-18(2)30(34)40-21(14-36-5)16-38-27-23-9-7-8-10-24(23)28(26-13-20(29(32)33)11-12-25(26)27)39-17-22(15-37-6)41-31(35)19(3)4/h7-11,21-22H,1,3,12-17H2,2,4-6H3,(H,32,33). The lowest BCUT2D eigenvalue weighted by Crippen LogP contribution is -2.30. The lowest BCUT2D eigenvalue weighted by atomic mass is 9.87. The Morgan fingerprint density at radius 3 is 1.68 bits per heavy atom. The molecule has 0 aliphatic heterocycles. The first-order chi connectivity index (χ1) is 19.6. The zero-order valence-corrected chi connectivity index (χ0v) is 23.8. The van der Waals surface area contributed by atoms with Crippen molar-refractivity contribution in [1.82, 2.24) is 0 Å². The summed E-state index contributed by atoms with van der Waals surface area (Å²) in [7, 11) is 2.98. The Labute approximate surface area is 239 Å². The molecule has 0 saturated heterocycles. The molecule has 10 heteroatoms. The Morgan fingerprint density at radius 1 is 0.805 bits per heavy atom. The summed E-state index contributed by atoms with van der Waals surface area (Å²) < 4.78 is 33.9. The van der Waals surface area contributed by atoms with E-state index < -0.39 is 30.1 Å². The van der Waals surface area contributed by atoms with E-state index in [4.69, 9.17) is 28.4 Å². The van der Waals surface area contributed by atoms with Crippen molar-refractivity contribution in [3.8, 4) is 11.5 Å². The summed E-state index contributed by atoms with van der Waals surface area (Å²) in [6.45, 7) is 10.5. The van der Waals surface area contributed by atoms with Crippen LogP contribution in [0.4, 0.5) is 0 Å². The highest BCUT2D eigenvalue weighted by molar-refractivity contribution is 5.98. The fourth-order valence-electron chi connectivity index (χ4n) is 4.32. The van der Waals surface area contributed by atoms with Crippen LogP contribution < -0.4 is 9.47 Å². The van der Waals surface area contributed by atoms with E-state index in [1.807, 2.05) is 24.3 Å². The quantitative estimate of drug-likeness (QED) is 0.249. The van der Waals surface area contributed by atoms with Crippen LogP contribution in [0, 0.1) is 0 Å². The third-order valence-electron chi connectivity index (χ3n) is 6.30. The van der Waals surface area contributed by atoms with Crippen LogP contribution in [0.15, 0.2) is 60.2 Å². The normalized spacial score (nSPS) is 13.8. The summed E-state index contributed by atoms with van der Waals surface area (Å²) >= 11 is 0. The van der Waals surface area contributed by atoms with Crippen molar-refractivity contribution in [3.05, 3.63) is 71.3 Å². The van der Waals surface area contributed by atoms with Crippen LogP contribution in [0.1, 0.15) is 25.0 Å². The number of carboxylic acid groups (broad SMARTS) is 1. The molecule has 0 fully saturated rings. The number of allylic oxidation sites excluding steroid dienone is 1. The van der Waals surface area contributed by atoms with Gasteiger partial charge in [-0.15, -0.1) is 0 Å². The van der Waals surface area contributed by atoms with E-state index in [-0.39, 0.29) is 56.0 Å². The van der Waals surface area contributed by atoms with Gasteiger partial charge in [0.1, 0.15) is 24.7 Å². The van der Waals surface area contributed by atoms with E-state index in [0.717, 1.165) is 10.9 Å². The molecule has 220 valence electrons. The summed E-state index contributed by atoms with van der Waals surface area (Å²) in [5.41, 5.74) is 2.10. The summed E-state index contributed by atoms with van der Waals surface area (Å²) in [6, 6.07) is 7.39. The number of fused-ring (bicyclic) bond motifs is 2. The molecule has 0 saturated carbocycles. The number of aliphatic carboxylic acids is 1. The van der Waals surface area contributed by atoms with Gasteiger partial charge in [0.25, 0.3) is 0 Å². The number of hydrogen-bond acceptors (Lipinski definition) is 9.